The van der Waals surface area contributed by atoms with Crippen molar-refractivity contribution in [2.75, 3.05) is 13.2 Å². The van der Waals surface area contributed by atoms with Crippen LogP contribution in [0.1, 0.15) is 51.6 Å². The van der Waals surface area contributed by atoms with E-state index in [2.05, 4.69) is 48.3 Å². The van der Waals surface area contributed by atoms with Crippen LogP contribution in [0.5, 0.6) is 0 Å². The maximum Gasteiger partial charge on any atom is 0.158 e. The standard InChI is InChI=1S/C19H30N4O2/c1-14(2)22-15(3)16-7-9-17(10-8-16)21-12-18(23-20)13-25-19-6-4-5-11-24-19/h7-10,12,14-15,19,22H,4-6,11,13,20H2,1-3H3/b21-12?,23-18+. The van der Waals surface area contributed by atoms with Crippen LogP contribution in [0.15, 0.2) is 34.4 Å². The zero-order valence-electron chi connectivity index (χ0n) is 15.4. The van der Waals surface area contributed by atoms with Gasteiger partial charge in [0.2, 0.25) is 0 Å². The molecule has 138 valence electrons. The second-order valence-electron chi connectivity index (χ2n) is 6.62. The molecule has 1 aliphatic rings. The SMILES string of the molecule is CC(C)NC(C)c1ccc(N=C/C(COC2CCCCO2)=N\N)cc1. The van der Waals surface area contributed by atoms with E-state index in [0.29, 0.717) is 24.4 Å². The fraction of sp³-hybridized carbons (Fsp3) is 0.579. The smallest absolute Gasteiger partial charge is 0.158 e. The largest absolute Gasteiger partial charge is 0.353 e. The van der Waals surface area contributed by atoms with Crippen molar-refractivity contribution < 1.29 is 9.47 Å². The fourth-order valence-electron chi connectivity index (χ4n) is 2.72. The van der Waals surface area contributed by atoms with E-state index < -0.39 is 0 Å². The molecule has 0 aliphatic carbocycles. The number of hydrogen-bond acceptors (Lipinski definition) is 6. The summed E-state index contributed by atoms with van der Waals surface area (Å²) in [6, 6.07) is 8.90. The maximum atomic E-state index is 5.68. The van der Waals surface area contributed by atoms with Crippen LogP contribution in [-0.2, 0) is 9.47 Å². The van der Waals surface area contributed by atoms with E-state index in [9.17, 15) is 0 Å². The number of nitrogens with one attached hydrogen (secondary N) is 1. The van der Waals surface area contributed by atoms with Crippen molar-refractivity contribution in [3.63, 3.8) is 0 Å². The molecule has 25 heavy (non-hydrogen) atoms. The normalized spacial score (nSPS) is 20.3. The third kappa shape index (κ3) is 6.94. The van der Waals surface area contributed by atoms with Crippen molar-refractivity contribution >= 4 is 17.6 Å². The fourth-order valence-corrected chi connectivity index (χ4v) is 2.72. The van der Waals surface area contributed by atoms with Crippen molar-refractivity contribution in [2.24, 2.45) is 15.9 Å². The lowest BCUT2D eigenvalue weighted by Crippen LogP contribution is -2.26. The van der Waals surface area contributed by atoms with E-state index in [-0.39, 0.29) is 6.29 Å². The van der Waals surface area contributed by atoms with Gasteiger partial charge in [-0.3, -0.25) is 4.99 Å². The van der Waals surface area contributed by atoms with Gasteiger partial charge in [0.25, 0.3) is 0 Å². The van der Waals surface area contributed by atoms with Gasteiger partial charge < -0.3 is 20.6 Å². The Kier molecular flexibility index (Phi) is 8.04. The first-order valence-electron chi connectivity index (χ1n) is 8.98. The Hall–Kier alpha value is -1.76. The molecule has 1 aromatic rings. The van der Waals surface area contributed by atoms with Crippen LogP contribution in [0.25, 0.3) is 0 Å². The van der Waals surface area contributed by atoms with E-state index in [1.54, 1.807) is 6.21 Å². The lowest BCUT2D eigenvalue weighted by molar-refractivity contribution is -0.152. The zero-order chi connectivity index (χ0) is 18.1. The van der Waals surface area contributed by atoms with Gasteiger partial charge in [0, 0.05) is 18.7 Å². The lowest BCUT2D eigenvalue weighted by atomic mass is 10.1. The molecule has 3 N–H and O–H groups in total. The summed E-state index contributed by atoms with van der Waals surface area (Å²) < 4.78 is 11.2. The first kappa shape index (κ1) is 19.6. The monoisotopic (exact) mass is 346 g/mol. The van der Waals surface area contributed by atoms with Gasteiger partial charge in [0.15, 0.2) is 6.29 Å². The highest BCUT2D eigenvalue weighted by atomic mass is 16.7. The van der Waals surface area contributed by atoms with Gasteiger partial charge in [-0.05, 0) is 43.9 Å². The predicted molar refractivity (Wildman–Crippen MR) is 102 cm³/mol. The highest BCUT2D eigenvalue weighted by Gasteiger charge is 2.14. The van der Waals surface area contributed by atoms with Crippen LogP contribution in [0.2, 0.25) is 0 Å². The Balaban J connectivity index is 1.86. The predicted octanol–water partition coefficient (Wildman–Crippen LogP) is 3.31. The number of nitrogens with zero attached hydrogens (tertiary/aromatic N) is 2. The molecule has 0 bridgehead atoms. The van der Waals surface area contributed by atoms with E-state index in [1.165, 1.54) is 5.56 Å². The molecule has 2 unspecified atom stereocenters. The molecule has 0 aromatic heterocycles. The quantitative estimate of drug-likeness (QED) is 0.430. The van der Waals surface area contributed by atoms with Gasteiger partial charge in [0.05, 0.1) is 18.5 Å². The minimum Gasteiger partial charge on any atom is -0.353 e. The highest BCUT2D eigenvalue weighted by molar-refractivity contribution is 6.31. The van der Waals surface area contributed by atoms with Gasteiger partial charge in [-0.1, -0.05) is 26.0 Å². The Bertz CT molecular complexity index is 563. The molecule has 2 atom stereocenters. The molecule has 1 fully saturated rings. The Morgan fingerprint density at radius 3 is 2.68 bits per heavy atom. The van der Waals surface area contributed by atoms with Gasteiger partial charge >= 0.3 is 0 Å². The van der Waals surface area contributed by atoms with E-state index in [1.807, 2.05) is 12.1 Å². The number of rotatable bonds is 8. The highest BCUT2D eigenvalue weighted by Crippen LogP contribution is 2.18. The minimum atomic E-state index is -0.159. The molecule has 6 heteroatoms. The summed E-state index contributed by atoms with van der Waals surface area (Å²) in [5.74, 6) is 5.43. The van der Waals surface area contributed by atoms with Crippen LogP contribution in [-0.4, -0.2) is 37.5 Å². The number of hydrazone groups is 1. The topological polar surface area (TPSA) is 81.2 Å². The summed E-state index contributed by atoms with van der Waals surface area (Å²) in [5, 5.41) is 7.23. The van der Waals surface area contributed by atoms with Gasteiger partial charge in [-0.2, -0.15) is 5.10 Å². The second kappa shape index (κ2) is 10.3. The summed E-state index contributed by atoms with van der Waals surface area (Å²) in [6.07, 6.45) is 4.63. The van der Waals surface area contributed by atoms with E-state index in [4.69, 9.17) is 15.3 Å². The molecule has 2 rings (SSSR count). The van der Waals surface area contributed by atoms with E-state index >= 15 is 0 Å². The Morgan fingerprint density at radius 2 is 2.08 bits per heavy atom. The van der Waals surface area contributed by atoms with Gasteiger partial charge in [0.1, 0.15) is 5.71 Å². The molecular weight excluding hydrogens is 316 g/mol. The summed E-state index contributed by atoms with van der Waals surface area (Å²) >= 11 is 0. The first-order valence-corrected chi connectivity index (χ1v) is 8.98. The third-order valence-electron chi connectivity index (χ3n) is 4.06. The number of benzene rings is 1. The van der Waals surface area contributed by atoms with Crippen molar-refractivity contribution in [1.29, 1.82) is 0 Å². The molecule has 1 aliphatic heterocycles. The maximum absolute atomic E-state index is 5.68. The van der Waals surface area contributed by atoms with Crippen LogP contribution in [0, 0.1) is 0 Å². The van der Waals surface area contributed by atoms with E-state index in [0.717, 1.165) is 31.6 Å². The molecule has 0 amide bonds. The summed E-state index contributed by atoms with van der Waals surface area (Å²) in [4.78, 5) is 4.43. The van der Waals surface area contributed by atoms with Crippen molar-refractivity contribution in [3.8, 4) is 0 Å². The molecule has 1 heterocycles. The summed E-state index contributed by atoms with van der Waals surface area (Å²) in [7, 11) is 0. The van der Waals surface area contributed by atoms with Gasteiger partial charge in [-0.15, -0.1) is 0 Å². The molecular formula is C19H30N4O2. The number of hydrogen-bond donors (Lipinski definition) is 2. The number of nitrogens with two attached hydrogens (primary N) is 1. The molecule has 0 radical (unpaired) electrons. The zero-order valence-corrected chi connectivity index (χ0v) is 15.4. The molecule has 6 nitrogen and oxygen atoms in total. The van der Waals surface area contributed by atoms with Crippen molar-refractivity contribution in [2.45, 2.75) is 58.4 Å². The Morgan fingerprint density at radius 1 is 1.32 bits per heavy atom. The van der Waals surface area contributed by atoms with Crippen molar-refractivity contribution in [3.05, 3.63) is 29.8 Å². The van der Waals surface area contributed by atoms with Crippen LogP contribution >= 0.6 is 0 Å². The Labute approximate surface area is 150 Å². The molecule has 1 saturated heterocycles. The van der Waals surface area contributed by atoms with Crippen LogP contribution in [0.3, 0.4) is 0 Å². The summed E-state index contributed by atoms with van der Waals surface area (Å²) in [6.45, 7) is 7.50. The first-order chi connectivity index (χ1) is 12.1. The molecule has 0 saturated carbocycles. The average Bonchev–Trinajstić information content (AvgIpc) is 2.62. The van der Waals surface area contributed by atoms with Gasteiger partial charge in [-0.25, -0.2) is 0 Å². The molecule has 1 aromatic carbocycles. The minimum absolute atomic E-state index is 0.159. The third-order valence-corrected chi connectivity index (χ3v) is 4.06. The van der Waals surface area contributed by atoms with Crippen LogP contribution < -0.4 is 11.2 Å². The summed E-state index contributed by atoms with van der Waals surface area (Å²) in [5.41, 5.74) is 2.68. The van der Waals surface area contributed by atoms with Crippen molar-refractivity contribution in [1.82, 2.24) is 5.32 Å². The lowest BCUT2D eigenvalue weighted by Gasteiger charge is -2.22. The number of ether oxygens (including phenoxy) is 2. The molecule has 0 spiro atoms. The second-order valence-corrected chi connectivity index (χ2v) is 6.62. The average molecular weight is 346 g/mol. The van der Waals surface area contributed by atoms with Crippen LogP contribution in [0.4, 0.5) is 5.69 Å². The number of aliphatic imine (C=N–C) groups is 1.